The smallest absolute Gasteiger partial charge is 0.494 e. The first-order valence-corrected chi connectivity index (χ1v) is 50.1. The lowest BCUT2D eigenvalue weighted by atomic mass is 9.85. The number of carbonyl (C=O) groups excluding carboxylic acids is 4. The maximum absolute atomic E-state index is 13.1. The maximum atomic E-state index is 13.1. The van der Waals surface area contributed by atoms with Crippen LogP contribution >= 0.6 is 47.0 Å². The number of imidazole rings is 3. The number of thioether (sulfide) groups is 4. The van der Waals surface area contributed by atoms with Gasteiger partial charge < -0.3 is 57.7 Å². The monoisotopic (exact) mass is 1880 g/mol. The van der Waals surface area contributed by atoms with Gasteiger partial charge in [0.1, 0.15) is 23.1 Å². The summed E-state index contributed by atoms with van der Waals surface area (Å²) < 4.78 is 95.4. The van der Waals surface area contributed by atoms with Crippen LogP contribution in [0.25, 0.3) is 17.1 Å². The minimum atomic E-state index is -5.91. The molecule has 1 atom stereocenters. The van der Waals surface area contributed by atoms with E-state index in [-0.39, 0.29) is 48.5 Å². The summed E-state index contributed by atoms with van der Waals surface area (Å²) in [4.78, 5) is 96.6. The number of halogens is 3. The van der Waals surface area contributed by atoms with E-state index in [0.717, 1.165) is 139 Å². The van der Waals surface area contributed by atoms with Crippen LogP contribution in [0.4, 0.5) is 53.9 Å². The molecule has 4 spiro atoms. The number of methoxy groups -OCH3 is 3. The van der Waals surface area contributed by atoms with Crippen molar-refractivity contribution < 1.29 is 63.9 Å². The first-order valence-electron chi connectivity index (χ1n) is 45.4. The van der Waals surface area contributed by atoms with Crippen LogP contribution < -0.4 is 44.8 Å². The zero-order valence-corrected chi connectivity index (χ0v) is 79.3. The van der Waals surface area contributed by atoms with E-state index in [4.69, 9.17) is 43.5 Å². The van der Waals surface area contributed by atoms with Gasteiger partial charge in [-0.15, -0.1) is 47.0 Å². The van der Waals surface area contributed by atoms with Gasteiger partial charge in [-0.1, -0.05) is 102 Å². The third-order valence-corrected chi connectivity index (χ3v) is 32.8. The molecule has 6 aromatic heterocycles. The second kappa shape index (κ2) is 43.2. The number of esters is 1. The van der Waals surface area contributed by atoms with Crippen LogP contribution in [0.15, 0.2) is 123 Å². The minimum Gasteiger partial charge on any atom is -0.494 e. The Morgan fingerprint density at radius 1 is 0.538 bits per heavy atom. The number of anilines is 7. The zero-order valence-electron chi connectivity index (χ0n) is 75.2. The molecule has 36 heteroatoms. The van der Waals surface area contributed by atoms with E-state index in [0.29, 0.717) is 59.0 Å². The fourth-order valence-corrected chi connectivity index (χ4v) is 25.8. The Morgan fingerprint density at radius 3 is 1.38 bits per heavy atom. The fraction of sp³-hybridized carbons (Fsp3) is 0.532. The number of alkyl halides is 3. The molecule has 3 aromatic carbocycles. The highest BCUT2D eigenvalue weighted by Gasteiger charge is 2.52. The molecular weight excluding hydrogens is 1760 g/mol. The molecule has 10 aliphatic rings. The second-order valence-electron chi connectivity index (χ2n) is 34.9. The topological polar surface area (TPSA) is 339 Å². The summed E-state index contributed by atoms with van der Waals surface area (Å²) in [5, 5.41) is 9.16. The Kier molecular flexibility index (Phi) is 32.0. The number of rotatable bonds is 18. The predicted molar refractivity (Wildman–Crippen MR) is 501 cm³/mol. The van der Waals surface area contributed by atoms with Gasteiger partial charge in [-0.05, 0) is 167 Å². The lowest BCUT2D eigenvalue weighted by Gasteiger charge is -2.32. The summed E-state index contributed by atoms with van der Waals surface area (Å²) in [7, 11) is -1.06. The van der Waals surface area contributed by atoms with Gasteiger partial charge in [-0.3, -0.25) is 19.4 Å². The molecule has 0 amide bonds. The number of piperidine rings is 1. The lowest BCUT2D eigenvalue weighted by Crippen LogP contribution is -2.31. The molecular formula is C94H117F3N16O12S5. The molecule has 11 heterocycles. The number of carbonyl (C=O) groups is 2. The molecule has 28 nitrogen and oxygen atoms in total. The third-order valence-electron chi connectivity index (χ3n) is 25.3. The summed E-state index contributed by atoms with van der Waals surface area (Å²) in [6.45, 7) is 12.3. The van der Waals surface area contributed by atoms with E-state index >= 15 is 0 Å². The number of nitrogens with one attached hydrogen (secondary N) is 4. The van der Waals surface area contributed by atoms with Crippen molar-refractivity contribution in [2.45, 2.75) is 291 Å². The number of benzene rings is 3. The van der Waals surface area contributed by atoms with Crippen molar-refractivity contribution in [2.24, 2.45) is 0 Å². The average Bonchev–Trinajstić information content (AvgIpc) is 1.61. The highest BCUT2D eigenvalue weighted by atomic mass is 32.2. The maximum Gasteiger partial charge on any atom is 0.534 e. The number of hydrogen-bond donors (Lipinski definition) is 4. The second-order valence-corrected chi connectivity index (χ2v) is 42.5. The molecule has 9 aromatic rings. The number of aromatic amines is 1. The van der Waals surface area contributed by atoms with Gasteiger partial charge in [0, 0.05) is 112 Å². The van der Waals surface area contributed by atoms with Gasteiger partial charge >= 0.3 is 27.7 Å². The number of H-pyrrole nitrogens is 1. The van der Waals surface area contributed by atoms with Crippen molar-refractivity contribution in [2.75, 3.05) is 61.9 Å². The van der Waals surface area contributed by atoms with Gasteiger partial charge in [0.25, 0.3) is 11.4 Å². The number of ether oxygens (including phenoxy) is 4. The van der Waals surface area contributed by atoms with E-state index in [1.807, 2.05) is 85.2 Å². The van der Waals surface area contributed by atoms with Crippen molar-refractivity contribution in [3.63, 3.8) is 0 Å². The van der Waals surface area contributed by atoms with Crippen LogP contribution in [0.5, 0.6) is 23.1 Å². The lowest BCUT2D eigenvalue weighted by molar-refractivity contribution is -0.191. The number of aromatic nitrogens is 12. The van der Waals surface area contributed by atoms with E-state index in [1.165, 1.54) is 171 Å². The number of fused-ring (bicyclic) bond motifs is 3. The van der Waals surface area contributed by atoms with E-state index in [1.54, 1.807) is 85.7 Å². The molecule has 4 N–H and O–H groups in total. The summed E-state index contributed by atoms with van der Waals surface area (Å²) in [5.74, 6) is 3.33. The molecule has 2 saturated heterocycles. The van der Waals surface area contributed by atoms with Gasteiger partial charge in [0.05, 0.1) is 113 Å². The molecule has 696 valence electrons. The number of allylic oxidation sites excluding steroid dienone is 2. The van der Waals surface area contributed by atoms with Gasteiger partial charge in [0.15, 0.2) is 11.0 Å². The van der Waals surface area contributed by atoms with Crippen LogP contribution in [0.2, 0.25) is 0 Å². The Morgan fingerprint density at radius 2 is 0.946 bits per heavy atom. The number of hydrogen-bond acceptors (Lipinski definition) is 28. The van der Waals surface area contributed by atoms with Crippen molar-refractivity contribution >= 4 is 116 Å². The normalized spacial score (nSPS) is 18.9. The van der Waals surface area contributed by atoms with Crippen molar-refractivity contribution in [3.05, 3.63) is 148 Å². The number of Topliss-reactive ketones (excluding diaryl/α,β-unsaturated/α-hetero) is 1. The first-order chi connectivity index (χ1) is 62.7. The summed E-state index contributed by atoms with van der Waals surface area (Å²) in [6.07, 6.45) is 52.1. The van der Waals surface area contributed by atoms with Gasteiger partial charge in [-0.25, -0.2) is 29.9 Å². The number of nitrogens with zero attached hydrogens (tertiary/aromatic N) is 12. The standard InChI is InChI=1S/C27H34N6OS.C23H24F3N5O4S2.C22H25N5O2S.C12H18O3S.C9H16.CO2/c1-19-17-33(18-28-19)22-10-9-20(15-23(22)34-2)29-26-30-21-16-27(11-5-3-6-12-27)35-24(21)25(31-26)32-13-7-4-8-14-32;1-14-12-31(13-27-14)17-7-6-15(10-18(17)34-2)28-21-29-16-11-22(8-4-3-5-9-22)36-19(16)20(30-21)35-37(32,33)23(24,25)26;1-14-12-27(13-23-14)17-7-6-15(10-18(17)29-2)24-21-25-16-11-22(8-4-3-5-9-22)30-19(16)20(28)26-21;1-2-15-11(14)10-9(13)8-12(16-10)6-4-3-5-7-12;1-2-6-9-7-4-3-5-8-9;2-1-3/h9-10,15,17-18H,3-8,11-14,16H2,1-2H3,(H,29,30,31);6-7,10,12-13H,3-5,8-9,11H2,1-2H3,(H,28,29,30);6-7,10,12-13H,3-5,8-9,11H2,1-2H3,(H2,24,25,26,28);10H,2-8H2,1H3;6H,2-5,7-8H2,1H3;. The van der Waals surface area contributed by atoms with Crippen LogP contribution in [0.1, 0.15) is 241 Å². The largest absolute Gasteiger partial charge is 0.534 e. The van der Waals surface area contributed by atoms with Crippen LogP contribution in [-0.4, -0.2) is 156 Å². The quantitative estimate of drug-likeness (QED) is 0.0204. The molecule has 130 heavy (non-hydrogen) atoms. The molecule has 5 saturated carbocycles. The zero-order chi connectivity index (χ0) is 91.8. The van der Waals surface area contributed by atoms with Crippen LogP contribution in [0, 0.1) is 20.8 Å². The average molecular weight is 1880 g/mol. The summed E-state index contributed by atoms with van der Waals surface area (Å²) in [6, 6.07) is 17.1. The molecule has 5 aliphatic carbocycles. The van der Waals surface area contributed by atoms with E-state index < -0.39 is 26.8 Å². The Hall–Kier alpha value is -9.87. The molecule has 7 fully saturated rings. The number of aryl methyl sites for hydroxylation is 3. The number of ketones is 1. The SMILES string of the molecule is CCC=C1CCCCC1.CCOC(=O)C1SC2(CCCCC2)CC1=O.COc1cc(Nc2nc3c(c(=O)[nH]2)SC2(CCCCC2)C3)ccc1-n1cnc(C)c1.COc1cc(Nc2nc3c(c(N4CCCCC4)n2)SC2(CCCCC2)C3)ccc1-n1cnc(C)c1.COc1cc(Nc2nc3c(c(OS(=O)(=O)C(F)(F)F)n2)SC2(CCCCC2)C3)ccc1-n1cnc(C)c1.O=C=O. The molecule has 5 aliphatic heterocycles. The molecule has 1 unspecified atom stereocenters. The summed E-state index contributed by atoms with van der Waals surface area (Å²) in [5.41, 5.74) is 6.21. The predicted octanol–water partition coefficient (Wildman–Crippen LogP) is 20.8. The minimum absolute atomic E-state index is 0.0487. The van der Waals surface area contributed by atoms with Crippen molar-refractivity contribution in [1.29, 1.82) is 0 Å². The fourth-order valence-electron chi connectivity index (χ4n) is 19.0. The molecule has 0 radical (unpaired) electrons. The van der Waals surface area contributed by atoms with Crippen LogP contribution in [0.3, 0.4) is 0 Å². The van der Waals surface area contributed by atoms with E-state index in [9.17, 15) is 36.0 Å². The van der Waals surface area contributed by atoms with E-state index in [2.05, 4.69) is 85.8 Å². The van der Waals surface area contributed by atoms with Crippen LogP contribution in [-0.2, 0) is 53.3 Å². The third kappa shape index (κ3) is 23.6. The Labute approximate surface area is 774 Å². The highest BCUT2D eigenvalue weighted by Crippen LogP contribution is 2.58. The molecule has 19 rings (SSSR count). The van der Waals surface area contributed by atoms with Crippen molar-refractivity contribution in [3.8, 4) is 40.2 Å². The summed E-state index contributed by atoms with van der Waals surface area (Å²) >= 11 is 6.71. The Balaban J connectivity index is 0.000000137. The van der Waals surface area contributed by atoms with Gasteiger partial charge in [0.2, 0.25) is 17.8 Å². The Bertz CT molecular complexity index is 5700. The highest BCUT2D eigenvalue weighted by molar-refractivity contribution is 8.03. The first kappa shape index (κ1) is 96.2. The van der Waals surface area contributed by atoms with Gasteiger partial charge in [-0.2, -0.15) is 41.1 Å². The van der Waals surface area contributed by atoms with Crippen molar-refractivity contribution in [1.82, 2.24) is 58.6 Å². The molecule has 0 bridgehead atoms.